The standard InChI is InChI=1S/C22H16ClIN2O4S2/c1-30-16-8-11-18-19(12-16)31-21(20(18)23)22(27)25-14-6-9-17(10-7-14)32(28,29)26-15-4-2-13(24)3-5-15/h2-12,26H,1H3,(H,25,27). The van der Waals surface area contributed by atoms with Crippen molar-refractivity contribution in [2.24, 2.45) is 0 Å². The van der Waals surface area contributed by atoms with Crippen molar-refractivity contribution in [2.75, 3.05) is 17.1 Å². The molecule has 0 unspecified atom stereocenters. The Labute approximate surface area is 207 Å². The Morgan fingerprint density at radius 3 is 2.31 bits per heavy atom. The summed E-state index contributed by atoms with van der Waals surface area (Å²) < 4.78 is 34.8. The number of halogens is 2. The zero-order chi connectivity index (χ0) is 22.9. The predicted molar refractivity (Wildman–Crippen MR) is 138 cm³/mol. The number of ether oxygens (including phenoxy) is 1. The Bertz CT molecular complexity index is 1400. The Morgan fingerprint density at radius 1 is 1.00 bits per heavy atom. The van der Waals surface area contributed by atoms with Crippen LogP contribution in [0.1, 0.15) is 9.67 Å². The summed E-state index contributed by atoms with van der Waals surface area (Å²) in [5.41, 5.74) is 0.924. The van der Waals surface area contributed by atoms with E-state index < -0.39 is 10.0 Å². The second kappa shape index (κ2) is 9.26. The van der Waals surface area contributed by atoms with E-state index in [-0.39, 0.29) is 10.8 Å². The first-order valence-electron chi connectivity index (χ1n) is 9.23. The quantitative estimate of drug-likeness (QED) is 0.258. The van der Waals surface area contributed by atoms with Crippen molar-refractivity contribution in [1.82, 2.24) is 0 Å². The minimum Gasteiger partial charge on any atom is -0.497 e. The lowest BCUT2D eigenvalue weighted by Gasteiger charge is -2.09. The van der Waals surface area contributed by atoms with Crippen LogP contribution in [0.4, 0.5) is 11.4 Å². The molecule has 0 saturated carbocycles. The summed E-state index contributed by atoms with van der Waals surface area (Å²) in [5.74, 6) is 0.306. The summed E-state index contributed by atoms with van der Waals surface area (Å²) in [7, 11) is -2.18. The number of sulfonamides is 1. The van der Waals surface area contributed by atoms with Crippen LogP contribution < -0.4 is 14.8 Å². The van der Waals surface area contributed by atoms with E-state index in [0.29, 0.717) is 27.0 Å². The van der Waals surface area contributed by atoms with E-state index in [1.165, 1.54) is 35.6 Å². The number of hydrogen-bond donors (Lipinski definition) is 2. The number of benzene rings is 3. The second-order valence-corrected chi connectivity index (χ2v) is 11.1. The van der Waals surface area contributed by atoms with Gasteiger partial charge in [-0.3, -0.25) is 9.52 Å². The molecule has 1 amide bonds. The molecule has 1 heterocycles. The van der Waals surface area contributed by atoms with Crippen LogP contribution in [0.15, 0.2) is 71.6 Å². The first kappa shape index (κ1) is 22.8. The van der Waals surface area contributed by atoms with Crippen molar-refractivity contribution in [3.63, 3.8) is 0 Å². The SMILES string of the molecule is COc1ccc2c(Cl)c(C(=O)Nc3ccc(S(=O)(=O)Nc4ccc(I)cc4)cc3)sc2c1. The van der Waals surface area contributed by atoms with Crippen molar-refractivity contribution < 1.29 is 17.9 Å². The number of amides is 1. The minimum atomic E-state index is -3.75. The second-order valence-electron chi connectivity index (χ2n) is 6.70. The number of carbonyl (C=O) groups excluding carboxylic acids is 1. The molecule has 0 fully saturated rings. The third-order valence-electron chi connectivity index (χ3n) is 4.56. The summed E-state index contributed by atoms with van der Waals surface area (Å²) in [6, 6.07) is 18.4. The molecule has 164 valence electrons. The van der Waals surface area contributed by atoms with Crippen LogP contribution >= 0.6 is 45.5 Å². The number of anilines is 2. The molecular formula is C22H16ClIN2O4S2. The molecule has 4 aromatic rings. The summed E-state index contributed by atoms with van der Waals surface area (Å²) in [6.07, 6.45) is 0. The van der Waals surface area contributed by atoms with Crippen LogP contribution in [-0.4, -0.2) is 21.4 Å². The number of fused-ring (bicyclic) bond motifs is 1. The monoisotopic (exact) mass is 598 g/mol. The summed E-state index contributed by atoms with van der Waals surface area (Å²) >= 11 is 9.81. The van der Waals surface area contributed by atoms with Crippen LogP contribution in [0, 0.1) is 3.57 Å². The molecule has 0 bridgehead atoms. The predicted octanol–water partition coefficient (Wildman–Crippen LogP) is 6.22. The van der Waals surface area contributed by atoms with Crippen LogP contribution in [-0.2, 0) is 10.0 Å². The molecular weight excluding hydrogens is 583 g/mol. The topological polar surface area (TPSA) is 84.5 Å². The lowest BCUT2D eigenvalue weighted by atomic mass is 10.2. The van der Waals surface area contributed by atoms with Gasteiger partial charge in [-0.15, -0.1) is 11.3 Å². The molecule has 0 saturated heterocycles. The van der Waals surface area contributed by atoms with Crippen molar-refractivity contribution in [1.29, 1.82) is 0 Å². The molecule has 0 radical (unpaired) electrons. The van der Waals surface area contributed by atoms with Gasteiger partial charge in [-0.25, -0.2) is 8.42 Å². The van der Waals surface area contributed by atoms with Gasteiger partial charge in [-0.1, -0.05) is 11.6 Å². The first-order valence-corrected chi connectivity index (χ1v) is 13.0. The lowest BCUT2D eigenvalue weighted by molar-refractivity contribution is 0.103. The number of thiophene rings is 1. The van der Waals surface area contributed by atoms with Gasteiger partial charge < -0.3 is 10.1 Å². The van der Waals surface area contributed by atoms with Crippen LogP contribution in [0.3, 0.4) is 0 Å². The number of carbonyl (C=O) groups is 1. The van der Waals surface area contributed by atoms with Crippen molar-refractivity contribution in [2.45, 2.75) is 4.90 Å². The lowest BCUT2D eigenvalue weighted by Crippen LogP contribution is -2.14. The van der Waals surface area contributed by atoms with Gasteiger partial charge in [0.15, 0.2) is 0 Å². The molecule has 1 aromatic heterocycles. The molecule has 0 atom stereocenters. The van der Waals surface area contributed by atoms with E-state index >= 15 is 0 Å². The molecule has 0 aliphatic rings. The molecule has 0 aliphatic heterocycles. The van der Waals surface area contributed by atoms with Crippen LogP contribution in [0.25, 0.3) is 10.1 Å². The maximum atomic E-state index is 12.8. The van der Waals surface area contributed by atoms with Gasteiger partial charge in [0.25, 0.3) is 15.9 Å². The molecule has 10 heteroatoms. The van der Waals surface area contributed by atoms with Crippen LogP contribution in [0.2, 0.25) is 5.02 Å². The maximum absolute atomic E-state index is 12.8. The van der Waals surface area contributed by atoms with Gasteiger partial charge in [0.1, 0.15) is 10.6 Å². The molecule has 4 rings (SSSR count). The average molecular weight is 599 g/mol. The van der Waals surface area contributed by atoms with Crippen molar-refractivity contribution in [3.05, 3.63) is 80.2 Å². The summed E-state index contributed by atoms with van der Waals surface area (Å²) in [6.45, 7) is 0. The van der Waals surface area contributed by atoms with Gasteiger partial charge in [-0.2, -0.15) is 0 Å². The molecule has 2 N–H and O–H groups in total. The smallest absolute Gasteiger partial charge is 0.267 e. The first-order chi connectivity index (χ1) is 15.3. The summed E-state index contributed by atoms with van der Waals surface area (Å²) in [5, 5.41) is 3.90. The average Bonchev–Trinajstić information content (AvgIpc) is 3.11. The molecule has 6 nitrogen and oxygen atoms in total. The van der Waals surface area contributed by atoms with Crippen LogP contribution in [0.5, 0.6) is 5.75 Å². The fourth-order valence-corrected chi connectivity index (χ4v) is 5.81. The normalized spacial score (nSPS) is 11.3. The van der Waals surface area contributed by atoms with Gasteiger partial charge in [0.05, 0.1) is 17.0 Å². The number of rotatable bonds is 6. The number of hydrogen-bond acceptors (Lipinski definition) is 5. The Morgan fingerprint density at radius 2 is 1.66 bits per heavy atom. The Kier molecular flexibility index (Phi) is 6.61. The van der Waals surface area contributed by atoms with E-state index in [1.54, 1.807) is 25.3 Å². The maximum Gasteiger partial charge on any atom is 0.267 e. The highest BCUT2D eigenvalue weighted by Gasteiger charge is 2.19. The number of methoxy groups -OCH3 is 1. The van der Waals surface area contributed by atoms with Gasteiger partial charge in [0.2, 0.25) is 0 Å². The van der Waals surface area contributed by atoms with Gasteiger partial charge in [0, 0.05) is 25.0 Å². The Hall–Kier alpha value is -2.34. The van der Waals surface area contributed by atoms with E-state index in [9.17, 15) is 13.2 Å². The van der Waals surface area contributed by atoms with Crippen molar-refractivity contribution in [3.8, 4) is 5.75 Å². The third kappa shape index (κ3) is 4.85. The largest absolute Gasteiger partial charge is 0.497 e. The van der Waals surface area contributed by atoms with Gasteiger partial charge >= 0.3 is 0 Å². The summed E-state index contributed by atoms with van der Waals surface area (Å²) in [4.78, 5) is 13.2. The van der Waals surface area contributed by atoms with Crippen molar-refractivity contribution >= 4 is 82.9 Å². The van der Waals surface area contributed by atoms with E-state index in [2.05, 4.69) is 32.6 Å². The molecule has 32 heavy (non-hydrogen) atoms. The van der Waals surface area contributed by atoms with E-state index in [1.807, 2.05) is 24.3 Å². The minimum absolute atomic E-state index is 0.0843. The molecule has 0 aliphatic carbocycles. The van der Waals surface area contributed by atoms with Gasteiger partial charge in [-0.05, 0) is 89.3 Å². The molecule has 0 spiro atoms. The highest BCUT2D eigenvalue weighted by molar-refractivity contribution is 14.1. The van der Waals surface area contributed by atoms with E-state index in [4.69, 9.17) is 16.3 Å². The fraction of sp³-hybridized carbons (Fsp3) is 0.0455. The molecule has 3 aromatic carbocycles. The van der Waals surface area contributed by atoms with E-state index in [0.717, 1.165) is 13.7 Å². The third-order valence-corrected chi connectivity index (χ3v) is 8.33. The number of nitrogens with one attached hydrogen (secondary N) is 2. The fourth-order valence-electron chi connectivity index (χ4n) is 2.96. The highest BCUT2D eigenvalue weighted by Crippen LogP contribution is 2.37. The Balaban J connectivity index is 1.51. The zero-order valence-electron chi connectivity index (χ0n) is 16.6. The highest BCUT2D eigenvalue weighted by atomic mass is 127. The zero-order valence-corrected chi connectivity index (χ0v) is 21.1.